The molecule has 2 aromatic rings. The minimum atomic E-state index is -0.580. The summed E-state index contributed by atoms with van der Waals surface area (Å²) in [6.45, 7) is 1.87. The predicted octanol–water partition coefficient (Wildman–Crippen LogP) is 1.97. The Hall–Kier alpha value is -2.01. The summed E-state index contributed by atoms with van der Waals surface area (Å²) in [6.07, 6.45) is 0. The van der Waals surface area contributed by atoms with Crippen LogP contribution in [0.2, 0.25) is 5.02 Å². The summed E-state index contributed by atoms with van der Waals surface area (Å²) in [4.78, 5) is 27.7. The van der Waals surface area contributed by atoms with Gasteiger partial charge in [-0.25, -0.2) is 4.79 Å². The van der Waals surface area contributed by atoms with Gasteiger partial charge in [0.1, 0.15) is 5.75 Å². The molecule has 5 nitrogen and oxygen atoms in total. The van der Waals surface area contributed by atoms with Crippen LogP contribution in [0.5, 0.6) is 11.6 Å². The zero-order valence-corrected chi connectivity index (χ0v) is 10.2. The fraction of sp³-hybridized carbons (Fsp3) is 0.167. The van der Waals surface area contributed by atoms with E-state index in [4.69, 9.17) is 16.3 Å². The molecule has 0 amide bonds. The Morgan fingerprint density at radius 1 is 1.28 bits per heavy atom. The lowest BCUT2D eigenvalue weighted by Gasteiger charge is -2.24. The van der Waals surface area contributed by atoms with Crippen LogP contribution in [0, 0.1) is 0 Å². The van der Waals surface area contributed by atoms with Crippen LogP contribution in [-0.4, -0.2) is 9.97 Å². The van der Waals surface area contributed by atoms with Gasteiger partial charge in [0.05, 0.1) is 5.56 Å². The Labute approximate surface area is 106 Å². The number of hydrogen-bond acceptors (Lipinski definition) is 3. The van der Waals surface area contributed by atoms with E-state index in [9.17, 15) is 9.59 Å². The smallest absolute Gasteiger partial charge is 0.328 e. The maximum absolute atomic E-state index is 11.8. The van der Waals surface area contributed by atoms with Crippen molar-refractivity contribution in [3.63, 3.8) is 0 Å². The van der Waals surface area contributed by atoms with E-state index < -0.39 is 11.2 Å². The molecule has 1 aromatic carbocycles. The third kappa shape index (κ3) is 1.55. The van der Waals surface area contributed by atoms with Crippen LogP contribution in [0.25, 0.3) is 0 Å². The van der Waals surface area contributed by atoms with Crippen molar-refractivity contribution < 1.29 is 4.74 Å². The fourth-order valence-electron chi connectivity index (χ4n) is 2.17. The Balaban J connectivity index is 2.28. The maximum atomic E-state index is 11.8. The third-order valence-electron chi connectivity index (χ3n) is 3.03. The van der Waals surface area contributed by atoms with Crippen LogP contribution in [0.15, 0.2) is 27.8 Å². The molecule has 0 aliphatic carbocycles. The van der Waals surface area contributed by atoms with Crippen LogP contribution >= 0.6 is 11.6 Å². The lowest BCUT2D eigenvalue weighted by atomic mass is 9.92. The van der Waals surface area contributed by atoms with Crippen molar-refractivity contribution in [3.05, 3.63) is 55.2 Å². The number of H-pyrrole nitrogens is 2. The van der Waals surface area contributed by atoms with Gasteiger partial charge in [-0.05, 0) is 18.2 Å². The SMILES string of the molecule is CC1c2cc(Cl)ccc2Oc2[nH]c(=O)[nH]c(=O)c21. The Kier molecular flexibility index (Phi) is 2.31. The lowest BCUT2D eigenvalue weighted by molar-refractivity contribution is 0.425. The molecule has 2 heterocycles. The first-order valence-electron chi connectivity index (χ1n) is 5.40. The first-order valence-corrected chi connectivity index (χ1v) is 5.78. The van der Waals surface area contributed by atoms with Crippen molar-refractivity contribution in [2.45, 2.75) is 12.8 Å². The van der Waals surface area contributed by atoms with Crippen LogP contribution < -0.4 is 16.0 Å². The van der Waals surface area contributed by atoms with E-state index in [1.165, 1.54) is 0 Å². The van der Waals surface area contributed by atoms with E-state index >= 15 is 0 Å². The molecule has 0 spiro atoms. The van der Waals surface area contributed by atoms with Gasteiger partial charge in [0.25, 0.3) is 5.56 Å². The van der Waals surface area contributed by atoms with E-state index in [-0.39, 0.29) is 11.8 Å². The van der Waals surface area contributed by atoms with E-state index in [1.807, 2.05) is 6.92 Å². The van der Waals surface area contributed by atoms with Crippen molar-refractivity contribution in [2.24, 2.45) is 0 Å². The summed E-state index contributed by atoms with van der Waals surface area (Å²) in [6, 6.07) is 5.18. The molecule has 1 aromatic heterocycles. The lowest BCUT2D eigenvalue weighted by Crippen LogP contribution is -2.29. The van der Waals surface area contributed by atoms with Crippen LogP contribution in [0.1, 0.15) is 24.0 Å². The van der Waals surface area contributed by atoms with Crippen LogP contribution in [0.4, 0.5) is 0 Å². The van der Waals surface area contributed by atoms with Gasteiger partial charge in [0.2, 0.25) is 5.88 Å². The molecule has 0 fully saturated rings. The summed E-state index contributed by atoms with van der Waals surface area (Å²) in [5, 5.41) is 0.577. The molecule has 0 bridgehead atoms. The van der Waals surface area contributed by atoms with Crippen molar-refractivity contribution in [1.82, 2.24) is 9.97 Å². The first kappa shape index (κ1) is 11.1. The highest BCUT2D eigenvalue weighted by Gasteiger charge is 2.27. The number of aromatic amines is 2. The topological polar surface area (TPSA) is 75.0 Å². The number of nitrogens with one attached hydrogen (secondary N) is 2. The molecule has 1 aliphatic rings. The third-order valence-corrected chi connectivity index (χ3v) is 3.26. The summed E-state index contributed by atoms with van der Waals surface area (Å²) < 4.78 is 5.53. The molecule has 3 rings (SSSR count). The molecule has 0 radical (unpaired) electrons. The van der Waals surface area contributed by atoms with Gasteiger partial charge in [-0.3, -0.25) is 14.8 Å². The number of halogens is 1. The van der Waals surface area contributed by atoms with Crippen molar-refractivity contribution in [1.29, 1.82) is 0 Å². The highest BCUT2D eigenvalue weighted by atomic mass is 35.5. The second-order valence-corrected chi connectivity index (χ2v) is 4.59. The summed E-state index contributed by atoms with van der Waals surface area (Å²) in [5.74, 6) is 0.606. The van der Waals surface area contributed by atoms with Gasteiger partial charge < -0.3 is 4.74 Å². The maximum Gasteiger partial charge on any atom is 0.328 e. The molecule has 0 saturated heterocycles. The Morgan fingerprint density at radius 3 is 2.83 bits per heavy atom. The minimum absolute atomic E-state index is 0.192. The number of fused-ring (bicyclic) bond motifs is 2. The van der Waals surface area contributed by atoms with Gasteiger partial charge in [0, 0.05) is 16.5 Å². The van der Waals surface area contributed by atoms with Crippen molar-refractivity contribution in [2.75, 3.05) is 0 Å². The molecule has 1 aliphatic heterocycles. The molecule has 0 saturated carbocycles. The molecule has 1 unspecified atom stereocenters. The normalized spacial score (nSPS) is 16.7. The number of aromatic nitrogens is 2. The average Bonchev–Trinajstić information content (AvgIpc) is 2.29. The van der Waals surface area contributed by atoms with Gasteiger partial charge in [-0.15, -0.1) is 0 Å². The molecule has 18 heavy (non-hydrogen) atoms. The predicted molar refractivity (Wildman–Crippen MR) is 66.7 cm³/mol. The molecule has 1 atom stereocenters. The molecule has 6 heteroatoms. The monoisotopic (exact) mass is 264 g/mol. The average molecular weight is 265 g/mol. The van der Waals surface area contributed by atoms with Gasteiger partial charge in [-0.2, -0.15) is 0 Å². The molecule has 2 N–H and O–H groups in total. The van der Waals surface area contributed by atoms with Gasteiger partial charge in [0.15, 0.2) is 0 Å². The zero-order valence-electron chi connectivity index (χ0n) is 9.41. The second-order valence-electron chi connectivity index (χ2n) is 4.16. The number of benzene rings is 1. The Morgan fingerprint density at radius 2 is 2.06 bits per heavy atom. The number of hydrogen-bond donors (Lipinski definition) is 2. The molecular weight excluding hydrogens is 256 g/mol. The standard InChI is InChI=1S/C12H9ClN2O3/c1-5-7-4-6(13)2-3-8(7)18-11-9(5)10(16)14-12(17)15-11/h2-5H,1H3,(H2,14,15,16,17). The highest BCUT2D eigenvalue weighted by Crippen LogP contribution is 2.41. The van der Waals surface area contributed by atoms with E-state index in [0.29, 0.717) is 16.3 Å². The molecular formula is C12H9ClN2O3. The first-order chi connectivity index (χ1) is 8.56. The van der Waals surface area contributed by atoms with Crippen LogP contribution in [-0.2, 0) is 0 Å². The number of ether oxygens (including phenoxy) is 1. The highest BCUT2D eigenvalue weighted by molar-refractivity contribution is 6.30. The molecule has 92 valence electrons. The number of rotatable bonds is 0. The van der Waals surface area contributed by atoms with Crippen LogP contribution in [0.3, 0.4) is 0 Å². The van der Waals surface area contributed by atoms with E-state index in [2.05, 4.69) is 9.97 Å². The summed E-state index contributed by atoms with van der Waals surface area (Å²) >= 11 is 5.93. The van der Waals surface area contributed by atoms with Gasteiger partial charge >= 0.3 is 5.69 Å². The summed E-state index contributed by atoms with van der Waals surface area (Å²) in [7, 11) is 0. The van der Waals surface area contributed by atoms with E-state index in [1.54, 1.807) is 18.2 Å². The van der Waals surface area contributed by atoms with Crippen molar-refractivity contribution in [3.8, 4) is 11.6 Å². The fourth-order valence-corrected chi connectivity index (χ4v) is 2.35. The quantitative estimate of drug-likeness (QED) is 0.764. The van der Waals surface area contributed by atoms with Crippen molar-refractivity contribution >= 4 is 11.6 Å². The second kappa shape index (κ2) is 3.74. The summed E-state index contributed by atoms with van der Waals surface area (Å²) in [5.41, 5.74) is 0.215. The zero-order chi connectivity index (χ0) is 12.9. The Bertz CT molecular complexity index is 748. The van der Waals surface area contributed by atoms with E-state index in [0.717, 1.165) is 5.56 Å². The minimum Gasteiger partial charge on any atom is -0.440 e. The van der Waals surface area contributed by atoms with Gasteiger partial charge in [-0.1, -0.05) is 18.5 Å². The largest absolute Gasteiger partial charge is 0.440 e.